The molecule has 0 amide bonds. The molecule has 0 atom stereocenters. The minimum Gasteiger partial charge on any atom is -0.280 e. The van der Waals surface area contributed by atoms with E-state index in [4.69, 9.17) is 11.4 Å². The molecule has 0 saturated carbocycles. The molecule has 0 unspecified atom stereocenters. The zero-order chi connectivity index (χ0) is 19.0. The van der Waals surface area contributed by atoms with Gasteiger partial charge < -0.3 is 0 Å². The number of terminal acetylenes is 1. The van der Waals surface area contributed by atoms with Gasteiger partial charge in [-0.15, -0.1) is 17.8 Å². The van der Waals surface area contributed by atoms with Gasteiger partial charge in [-0.3, -0.25) is 9.36 Å². The van der Waals surface area contributed by atoms with E-state index in [2.05, 4.69) is 5.92 Å². The monoisotopic (exact) mass is 370 g/mol. The first-order valence-corrected chi connectivity index (χ1v) is 9.56. The maximum Gasteiger partial charge on any atom is 0.264 e. The molecule has 0 radical (unpaired) electrons. The lowest BCUT2D eigenvalue weighted by Crippen LogP contribution is -2.23. The van der Waals surface area contributed by atoms with Gasteiger partial charge in [0.15, 0.2) is 0 Å². The van der Waals surface area contributed by atoms with Crippen LogP contribution in [0.1, 0.15) is 11.1 Å². The van der Waals surface area contributed by atoms with Gasteiger partial charge in [-0.05, 0) is 19.4 Å². The normalized spacial score (nSPS) is 10.9. The molecular weight excluding hydrogens is 352 g/mol. The first-order chi connectivity index (χ1) is 13.1. The molecule has 4 heteroatoms. The summed E-state index contributed by atoms with van der Waals surface area (Å²) in [6.45, 7) is 4.26. The molecule has 0 saturated heterocycles. The number of thiophene rings is 1. The molecule has 0 aliphatic rings. The summed E-state index contributed by atoms with van der Waals surface area (Å²) in [4.78, 5) is 18.9. The van der Waals surface area contributed by atoms with Crippen LogP contribution in [0.2, 0.25) is 0 Å². The van der Waals surface area contributed by atoms with Crippen LogP contribution in [0.25, 0.3) is 32.7 Å². The zero-order valence-corrected chi connectivity index (χ0v) is 16.0. The second-order valence-corrected chi connectivity index (χ2v) is 7.45. The summed E-state index contributed by atoms with van der Waals surface area (Å²) in [7, 11) is 0. The van der Waals surface area contributed by atoms with Gasteiger partial charge in [-0.2, -0.15) is 0 Å². The third kappa shape index (κ3) is 3.07. The van der Waals surface area contributed by atoms with Crippen LogP contribution in [0.15, 0.2) is 58.7 Å². The summed E-state index contributed by atoms with van der Waals surface area (Å²) >= 11 is 1.49. The van der Waals surface area contributed by atoms with Crippen molar-refractivity contribution in [2.24, 2.45) is 0 Å². The van der Waals surface area contributed by atoms with Crippen molar-refractivity contribution >= 4 is 21.6 Å². The van der Waals surface area contributed by atoms with Gasteiger partial charge in [0, 0.05) is 16.5 Å². The van der Waals surface area contributed by atoms with Crippen molar-refractivity contribution in [3.05, 3.63) is 75.4 Å². The van der Waals surface area contributed by atoms with Crippen LogP contribution in [0.5, 0.6) is 0 Å². The summed E-state index contributed by atoms with van der Waals surface area (Å²) in [5.74, 6) is 3.21. The van der Waals surface area contributed by atoms with E-state index in [9.17, 15) is 4.79 Å². The van der Waals surface area contributed by atoms with Crippen LogP contribution in [0.3, 0.4) is 0 Å². The van der Waals surface area contributed by atoms with Gasteiger partial charge in [0.25, 0.3) is 5.56 Å². The molecule has 3 nitrogen and oxygen atoms in total. The zero-order valence-electron chi connectivity index (χ0n) is 15.2. The smallest absolute Gasteiger partial charge is 0.264 e. The van der Waals surface area contributed by atoms with E-state index in [1.54, 1.807) is 4.57 Å². The van der Waals surface area contributed by atoms with Crippen molar-refractivity contribution in [3.63, 3.8) is 0 Å². The van der Waals surface area contributed by atoms with E-state index in [1.165, 1.54) is 16.9 Å². The Labute approximate surface area is 162 Å². The highest BCUT2D eigenvalue weighted by molar-refractivity contribution is 7.17. The topological polar surface area (TPSA) is 34.9 Å². The quantitative estimate of drug-likeness (QED) is 0.474. The van der Waals surface area contributed by atoms with Gasteiger partial charge in [0.1, 0.15) is 10.7 Å². The molecule has 2 heterocycles. The molecule has 0 fully saturated rings. The van der Waals surface area contributed by atoms with Crippen LogP contribution in [0.4, 0.5) is 0 Å². The fraction of sp³-hybridized carbons (Fsp3) is 0.130. The van der Waals surface area contributed by atoms with Crippen molar-refractivity contribution in [2.75, 3.05) is 0 Å². The number of benzene rings is 2. The average molecular weight is 370 g/mol. The Hall–Kier alpha value is -3.16. The Kier molecular flexibility index (Phi) is 4.39. The van der Waals surface area contributed by atoms with E-state index in [1.807, 2.05) is 67.8 Å². The van der Waals surface area contributed by atoms with Crippen molar-refractivity contribution in [1.82, 2.24) is 9.55 Å². The molecule has 2 aromatic carbocycles. The molecule has 0 aliphatic carbocycles. The average Bonchev–Trinajstić information content (AvgIpc) is 3.09. The number of nitrogens with zero attached hydrogens (tertiary/aromatic N) is 2. The molecule has 0 aliphatic heterocycles. The predicted molar refractivity (Wildman–Crippen MR) is 113 cm³/mol. The summed E-state index contributed by atoms with van der Waals surface area (Å²) in [5, 5.41) is 2.64. The minimum absolute atomic E-state index is 0.0923. The Morgan fingerprint density at radius 1 is 1.00 bits per heavy atom. The van der Waals surface area contributed by atoms with Crippen LogP contribution in [0, 0.1) is 26.2 Å². The van der Waals surface area contributed by atoms with Gasteiger partial charge in [-0.1, -0.05) is 65.6 Å². The number of hydrogen-bond donors (Lipinski definition) is 0. The standard InChI is InChI=1S/C23H18N2OS/c1-4-13-25-21(18-11-7-16(3)8-12-18)24-22-20(23(25)26)19(14-27-22)17-9-5-15(2)6-10-17/h1,5-12,14H,13H2,2-3H3. The predicted octanol–water partition coefficient (Wildman–Crippen LogP) is 5.04. The van der Waals surface area contributed by atoms with E-state index in [-0.39, 0.29) is 12.1 Å². The third-order valence-corrected chi connectivity index (χ3v) is 5.49. The second kappa shape index (κ2) is 6.86. The lowest BCUT2D eigenvalue weighted by Gasteiger charge is -2.11. The number of aryl methyl sites for hydroxylation is 2. The molecular formula is C23H18N2OS. The molecule has 0 spiro atoms. The first-order valence-electron chi connectivity index (χ1n) is 8.68. The Bertz CT molecular complexity index is 1220. The molecule has 2 aromatic heterocycles. The van der Waals surface area contributed by atoms with E-state index in [0.717, 1.165) is 27.1 Å². The maximum absolute atomic E-state index is 13.3. The lowest BCUT2D eigenvalue weighted by molar-refractivity contribution is 0.796. The Morgan fingerprint density at radius 3 is 2.19 bits per heavy atom. The number of fused-ring (bicyclic) bond motifs is 1. The summed E-state index contributed by atoms with van der Waals surface area (Å²) in [6.07, 6.45) is 5.55. The van der Waals surface area contributed by atoms with Crippen LogP contribution < -0.4 is 5.56 Å². The SMILES string of the molecule is C#CCn1c(-c2ccc(C)cc2)nc2scc(-c3ccc(C)cc3)c2c1=O. The first kappa shape index (κ1) is 17.3. The van der Waals surface area contributed by atoms with Gasteiger partial charge in [-0.25, -0.2) is 4.98 Å². The number of hydrogen-bond acceptors (Lipinski definition) is 3. The van der Waals surface area contributed by atoms with Crippen LogP contribution in [-0.2, 0) is 6.54 Å². The van der Waals surface area contributed by atoms with E-state index < -0.39 is 0 Å². The van der Waals surface area contributed by atoms with Gasteiger partial charge >= 0.3 is 0 Å². The van der Waals surface area contributed by atoms with Crippen molar-refractivity contribution in [3.8, 4) is 34.9 Å². The summed E-state index contributed by atoms with van der Waals surface area (Å²) in [6, 6.07) is 16.1. The molecule has 0 bridgehead atoms. The molecule has 0 N–H and O–H groups in total. The Balaban J connectivity index is 1.99. The third-order valence-electron chi connectivity index (χ3n) is 4.62. The minimum atomic E-state index is -0.0923. The molecule has 27 heavy (non-hydrogen) atoms. The molecule has 4 aromatic rings. The lowest BCUT2D eigenvalue weighted by atomic mass is 10.0. The fourth-order valence-corrected chi connectivity index (χ4v) is 4.07. The molecule has 132 valence electrons. The fourth-order valence-electron chi connectivity index (χ4n) is 3.13. The van der Waals surface area contributed by atoms with Crippen LogP contribution in [-0.4, -0.2) is 9.55 Å². The second-order valence-electron chi connectivity index (χ2n) is 6.59. The van der Waals surface area contributed by atoms with Crippen molar-refractivity contribution < 1.29 is 0 Å². The number of rotatable bonds is 3. The van der Waals surface area contributed by atoms with Crippen molar-refractivity contribution in [2.45, 2.75) is 20.4 Å². The van der Waals surface area contributed by atoms with Gasteiger partial charge in [0.2, 0.25) is 0 Å². The molecule has 4 rings (SSSR count). The largest absolute Gasteiger partial charge is 0.280 e. The van der Waals surface area contributed by atoms with Gasteiger partial charge in [0.05, 0.1) is 11.9 Å². The summed E-state index contributed by atoms with van der Waals surface area (Å²) in [5.41, 5.74) is 5.06. The highest BCUT2D eigenvalue weighted by Crippen LogP contribution is 2.32. The highest BCUT2D eigenvalue weighted by atomic mass is 32.1. The van der Waals surface area contributed by atoms with E-state index in [0.29, 0.717) is 11.2 Å². The number of aromatic nitrogens is 2. The highest BCUT2D eigenvalue weighted by Gasteiger charge is 2.17. The Morgan fingerprint density at radius 2 is 1.59 bits per heavy atom. The van der Waals surface area contributed by atoms with E-state index >= 15 is 0 Å². The van der Waals surface area contributed by atoms with Crippen LogP contribution >= 0.6 is 11.3 Å². The van der Waals surface area contributed by atoms with Crippen molar-refractivity contribution in [1.29, 1.82) is 0 Å². The summed E-state index contributed by atoms with van der Waals surface area (Å²) < 4.78 is 1.59. The maximum atomic E-state index is 13.3.